The van der Waals surface area contributed by atoms with Gasteiger partial charge in [0.05, 0.1) is 11.7 Å². The standard InChI is InChI=1S/C15H28N4/c1-4-14-13(11-18(2)17-14)15(10-16)19(3)12-8-6-5-7-9-12/h11-12,15H,4-10,16H2,1-3H3. The number of nitrogens with two attached hydrogens (primary N) is 1. The molecule has 19 heavy (non-hydrogen) atoms. The van der Waals surface area contributed by atoms with Gasteiger partial charge in [0.15, 0.2) is 0 Å². The Hall–Kier alpha value is -0.870. The molecular formula is C15H28N4. The lowest BCUT2D eigenvalue weighted by molar-refractivity contribution is 0.140. The fraction of sp³-hybridized carbons (Fsp3) is 0.800. The van der Waals surface area contributed by atoms with Gasteiger partial charge >= 0.3 is 0 Å². The average molecular weight is 264 g/mol. The van der Waals surface area contributed by atoms with Gasteiger partial charge in [0.2, 0.25) is 0 Å². The summed E-state index contributed by atoms with van der Waals surface area (Å²) in [6.45, 7) is 2.84. The smallest absolute Gasteiger partial charge is 0.0670 e. The van der Waals surface area contributed by atoms with Crippen molar-refractivity contribution < 1.29 is 0 Å². The molecule has 1 aromatic heterocycles. The molecule has 1 aliphatic carbocycles. The van der Waals surface area contributed by atoms with E-state index in [1.807, 2.05) is 11.7 Å². The highest BCUT2D eigenvalue weighted by molar-refractivity contribution is 5.22. The summed E-state index contributed by atoms with van der Waals surface area (Å²) >= 11 is 0. The zero-order valence-electron chi connectivity index (χ0n) is 12.6. The molecule has 1 fully saturated rings. The number of rotatable bonds is 5. The maximum atomic E-state index is 6.07. The van der Waals surface area contributed by atoms with E-state index < -0.39 is 0 Å². The molecule has 4 heteroatoms. The van der Waals surface area contributed by atoms with Crippen molar-refractivity contribution in [3.8, 4) is 0 Å². The topological polar surface area (TPSA) is 47.1 Å². The van der Waals surface area contributed by atoms with Crippen LogP contribution in [-0.4, -0.2) is 34.3 Å². The summed E-state index contributed by atoms with van der Waals surface area (Å²) < 4.78 is 1.92. The molecule has 1 saturated carbocycles. The minimum atomic E-state index is 0.312. The van der Waals surface area contributed by atoms with Crippen molar-refractivity contribution in [2.24, 2.45) is 12.8 Å². The van der Waals surface area contributed by atoms with Crippen LogP contribution in [-0.2, 0) is 13.5 Å². The Balaban J connectivity index is 2.17. The molecule has 2 N–H and O–H groups in total. The Morgan fingerprint density at radius 2 is 2.11 bits per heavy atom. The second-order valence-electron chi connectivity index (χ2n) is 5.77. The van der Waals surface area contributed by atoms with Crippen molar-refractivity contribution in [1.29, 1.82) is 0 Å². The Bertz CT molecular complexity index is 393. The molecule has 1 aromatic rings. The van der Waals surface area contributed by atoms with Gasteiger partial charge in [0, 0.05) is 31.4 Å². The van der Waals surface area contributed by atoms with Gasteiger partial charge in [0.1, 0.15) is 0 Å². The summed E-state index contributed by atoms with van der Waals surface area (Å²) in [6, 6.07) is 0.999. The second kappa shape index (κ2) is 6.53. The van der Waals surface area contributed by atoms with Crippen molar-refractivity contribution in [2.45, 2.75) is 57.5 Å². The predicted molar refractivity (Wildman–Crippen MR) is 79.0 cm³/mol. The number of aromatic nitrogens is 2. The summed E-state index contributed by atoms with van der Waals surface area (Å²) in [5, 5.41) is 4.56. The van der Waals surface area contributed by atoms with Crippen molar-refractivity contribution in [3.05, 3.63) is 17.5 Å². The van der Waals surface area contributed by atoms with E-state index in [0.717, 1.165) is 6.42 Å². The number of aryl methyl sites for hydroxylation is 2. The highest BCUT2D eigenvalue weighted by atomic mass is 15.3. The second-order valence-corrected chi connectivity index (χ2v) is 5.77. The number of hydrogen-bond donors (Lipinski definition) is 1. The lowest BCUT2D eigenvalue weighted by Gasteiger charge is -2.36. The van der Waals surface area contributed by atoms with E-state index in [1.165, 1.54) is 43.4 Å². The zero-order chi connectivity index (χ0) is 13.8. The molecule has 1 heterocycles. The molecule has 0 amide bonds. The SMILES string of the molecule is CCc1nn(C)cc1C(CN)N(C)C1CCCCC1. The first-order valence-corrected chi connectivity index (χ1v) is 7.61. The van der Waals surface area contributed by atoms with E-state index in [4.69, 9.17) is 5.73 Å². The molecule has 4 nitrogen and oxygen atoms in total. The normalized spacial score (nSPS) is 19.0. The molecule has 0 radical (unpaired) electrons. The van der Waals surface area contributed by atoms with Crippen LogP contribution in [0.4, 0.5) is 0 Å². The molecule has 1 unspecified atom stereocenters. The number of hydrogen-bond acceptors (Lipinski definition) is 3. The van der Waals surface area contributed by atoms with Gasteiger partial charge in [-0.3, -0.25) is 9.58 Å². The molecule has 108 valence electrons. The van der Waals surface area contributed by atoms with Crippen LogP contribution >= 0.6 is 0 Å². The van der Waals surface area contributed by atoms with E-state index in [2.05, 4.69) is 30.2 Å². The minimum Gasteiger partial charge on any atom is -0.329 e. The third-order valence-electron chi connectivity index (χ3n) is 4.50. The van der Waals surface area contributed by atoms with Crippen LogP contribution < -0.4 is 5.73 Å². The summed E-state index contributed by atoms with van der Waals surface area (Å²) in [6.07, 6.45) is 9.87. The van der Waals surface area contributed by atoms with Crippen LogP contribution in [0.5, 0.6) is 0 Å². The van der Waals surface area contributed by atoms with Crippen LogP contribution in [0.2, 0.25) is 0 Å². The Morgan fingerprint density at radius 3 is 2.68 bits per heavy atom. The van der Waals surface area contributed by atoms with Gasteiger partial charge in [-0.1, -0.05) is 26.2 Å². The number of likely N-dealkylation sites (N-methyl/N-ethyl adjacent to an activating group) is 1. The molecule has 0 aliphatic heterocycles. The van der Waals surface area contributed by atoms with Crippen LogP contribution in [0.3, 0.4) is 0 Å². The van der Waals surface area contributed by atoms with E-state index in [9.17, 15) is 0 Å². The van der Waals surface area contributed by atoms with E-state index in [1.54, 1.807) is 0 Å². The predicted octanol–water partition coefficient (Wildman–Crippen LogP) is 2.25. The van der Waals surface area contributed by atoms with Gasteiger partial charge in [-0.15, -0.1) is 0 Å². The highest BCUT2D eigenvalue weighted by Crippen LogP contribution is 2.29. The van der Waals surface area contributed by atoms with Crippen LogP contribution in [0, 0.1) is 0 Å². The van der Waals surface area contributed by atoms with Crippen LogP contribution in [0.25, 0.3) is 0 Å². The van der Waals surface area contributed by atoms with Crippen molar-refractivity contribution in [1.82, 2.24) is 14.7 Å². The Morgan fingerprint density at radius 1 is 1.42 bits per heavy atom. The van der Waals surface area contributed by atoms with Crippen LogP contribution in [0.1, 0.15) is 56.3 Å². The van der Waals surface area contributed by atoms with Gasteiger partial charge in [0.25, 0.3) is 0 Å². The van der Waals surface area contributed by atoms with Gasteiger partial charge in [-0.2, -0.15) is 5.10 Å². The zero-order valence-corrected chi connectivity index (χ0v) is 12.6. The molecular weight excluding hydrogens is 236 g/mol. The third kappa shape index (κ3) is 3.18. The van der Waals surface area contributed by atoms with Crippen molar-refractivity contribution >= 4 is 0 Å². The molecule has 1 aliphatic rings. The largest absolute Gasteiger partial charge is 0.329 e. The van der Waals surface area contributed by atoms with Crippen molar-refractivity contribution in [2.75, 3.05) is 13.6 Å². The van der Waals surface area contributed by atoms with Crippen LogP contribution in [0.15, 0.2) is 6.20 Å². The molecule has 2 rings (SSSR count). The molecule has 0 saturated heterocycles. The summed E-state index contributed by atoms with van der Waals surface area (Å²) in [4.78, 5) is 2.50. The monoisotopic (exact) mass is 264 g/mol. The molecule has 1 atom stereocenters. The third-order valence-corrected chi connectivity index (χ3v) is 4.50. The Kier molecular flexibility index (Phi) is 4.99. The molecule has 0 spiro atoms. The van der Waals surface area contributed by atoms with Crippen molar-refractivity contribution in [3.63, 3.8) is 0 Å². The lowest BCUT2D eigenvalue weighted by Crippen LogP contribution is -2.39. The van der Waals surface area contributed by atoms with E-state index >= 15 is 0 Å². The molecule has 0 bridgehead atoms. The summed E-state index contributed by atoms with van der Waals surface area (Å²) in [5.41, 5.74) is 8.58. The first-order valence-electron chi connectivity index (χ1n) is 7.61. The maximum absolute atomic E-state index is 6.07. The number of nitrogens with zero attached hydrogens (tertiary/aromatic N) is 3. The fourth-order valence-electron chi connectivity index (χ4n) is 3.36. The van der Waals surface area contributed by atoms with Gasteiger partial charge in [-0.25, -0.2) is 0 Å². The first kappa shape index (κ1) is 14.5. The average Bonchev–Trinajstić information content (AvgIpc) is 2.81. The van der Waals surface area contributed by atoms with Gasteiger partial charge in [-0.05, 0) is 26.3 Å². The fourth-order valence-corrected chi connectivity index (χ4v) is 3.36. The minimum absolute atomic E-state index is 0.312. The summed E-state index contributed by atoms with van der Waals surface area (Å²) in [7, 11) is 4.23. The Labute approximate surface area is 117 Å². The molecule has 0 aromatic carbocycles. The lowest BCUT2D eigenvalue weighted by atomic mass is 9.92. The van der Waals surface area contributed by atoms with Gasteiger partial charge < -0.3 is 5.73 Å². The highest BCUT2D eigenvalue weighted by Gasteiger charge is 2.27. The first-order chi connectivity index (χ1) is 9.17. The maximum Gasteiger partial charge on any atom is 0.0670 e. The summed E-state index contributed by atoms with van der Waals surface area (Å²) in [5.74, 6) is 0. The van der Waals surface area contributed by atoms with E-state index in [-0.39, 0.29) is 0 Å². The quantitative estimate of drug-likeness (QED) is 0.887. The van der Waals surface area contributed by atoms with E-state index in [0.29, 0.717) is 18.6 Å².